The second-order valence-electron chi connectivity index (χ2n) is 28.8. The van der Waals surface area contributed by atoms with Crippen molar-refractivity contribution in [3.05, 3.63) is 255 Å². The Morgan fingerprint density at radius 1 is 0.239 bits per heavy atom. The SMILES string of the molecule is c1ccc(-c2cccc(-c3ccccc3)c2N2c3ccccc3B3c4cc5c(cc4N(c4ccccc4)c4cc(N6C7CC8CC(C7)CC6C8)cc2c43)N(c2ccccc2)c2cc(N3C4CC6CC(C4)CC3C6)cc3c2B5c2ccccc2N3c2ccccc2)cc1. The Morgan fingerprint density at radius 3 is 0.957 bits per heavy atom. The zero-order valence-corrected chi connectivity index (χ0v) is 51.8. The van der Waals surface area contributed by atoms with E-state index in [1.807, 2.05) is 0 Å². The molecule has 6 nitrogen and oxygen atoms in total. The normalized spacial score (nSPS) is 23.5. The molecule has 442 valence electrons. The molecule has 92 heavy (non-hydrogen) atoms. The zero-order valence-electron chi connectivity index (χ0n) is 51.8. The third-order valence-electron chi connectivity index (χ3n) is 23.9. The lowest BCUT2D eigenvalue weighted by Crippen LogP contribution is -2.65. The third-order valence-corrected chi connectivity index (χ3v) is 23.9. The minimum Gasteiger partial charge on any atom is -0.365 e. The van der Waals surface area contributed by atoms with Crippen LogP contribution < -0.4 is 62.2 Å². The maximum absolute atomic E-state index is 2.95. The van der Waals surface area contributed by atoms with Crippen LogP contribution in [0.4, 0.5) is 79.6 Å². The van der Waals surface area contributed by atoms with Gasteiger partial charge in [-0.3, -0.25) is 0 Å². The number of para-hydroxylation sites is 6. The van der Waals surface area contributed by atoms with E-state index in [1.165, 1.54) is 199 Å². The number of rotatable bonds is 8. The van der Waals surface area contributed by atoms with Crippen LogP contribution in [0.15, 0.2) is 255 Å². The lowest BCUT2D eigenvalue weighted by Gasteiger charge is -2.58. The second-order valence-corrected chi connectivity index (χ2v) is 28.8. The van der Waals surface area contributed by atoms with Crippen molar-refractivity contribution in [1.29, 1.82) is 0 Å². The smallest absolute Gasteiger partial charge is 0.252 e. The van der Waals surface area contributed by atoms with Gasteiger partial charge in [-0.15, -0.1) is 0 Å². The molecule has 8 heterocycles. The van der Waals surface area contributed by atoms with E-state index in [0.717, 1.165) is 23.7 Å². The lowest BCUT2D eigenvalue weighted by atomic mass is 9.30. The molecule has 8 aliphatic heterocycles. The summed E-state index contributed by atoms with van der Waals surface area (Å²) in [5.41, 5.74) is 30.6. The second kappa shape index (κ2) is 19.9. The quantitative estimate of drug-likeness (QED) is 0.140. The largest absolute Gasteiger partial charge is 0.365 e. The molecule has 8 bridgehead atoms. The van der Waals surface area contributed by atoms with Gasteiger partial charge < -0.3 is 29.4 Å². The van der Waals surface area contributed by atoms with Crippen LogP contribution in [0.1, 0.15) is 64.2 Å². The molecule has 0 unspecified atom stereocenters. The number of anilines is 14. The van der Waals surface area contributed by atoms with Crippen LogP contribution in [0, 0.1) is 23.7 Å². The van der Waals surface area contributed by atoms with Crippen LogP contribution in [0.5, 0.6) is 0 Å². The Morgan fingerprint density at radius 2 is 0.565 bits per heavy atom. The highest BCUT2D eigenvalue weighted by molar-refractivity contribution is 7.03. The van der Waals surface area contributed by atoms with Crippen LogP contribution >= 0.6 is 0 Å². The van der Waals surface area contributed by atoms with Gasteiger partial charge in [-0.1, -0.05) is 176 Å². The minimum atomic E-state index is -0.0999. The number of piperidine rings is 4. The summed E-state index contributed by atoms with van der Waals surface area (Å²) >= 11 is 0. The van der Waals surface area contributed by atoms with Crippen molar-refractivity contribution in [3.8, 4) is 22.3 Å². The van der Waals surface area contributed by atoms with E-state index in [4.69, 9.17) is 0 Å². The first-order chi connectivity index (χ1) is 45.6. The first kappa shape index (κ1) is 52.0. The van der Waals surface area contributed by atoms with E-state index in [1.54, 1.807) is 0 Å². The topological polar surface area (TPSA) is 19.4 Å². The number of hydrogen-bond acceptors (Lipinski definition) is 6. The minimum absolute atomic E-state index is 0.0568. The first-order valence-corrected chi connectivity index (χ1v) is 34.5. The molecule has 12 aliphatic rings. The number of fused-ring (bicyclic) bond motifs is 8. The fraction of sp³-hybridized carbons (Fsp3) is 0.214. The molecule has 11 aromatic rings. The van der Waals surface area contributed by atoms with E-state index < -0.39 is 0 Å². The monoisotopic (exact) mass is 1180 g/mol. The van der Waals surface area contributed by atoms with Gasteiger partial charge in [0.05, 0.1) is 5.69 Å². The highest BCUT2D eigenvalue weighted by Crippen LogP contribution is 2.57. The maximum atomic E-state index is 2.95. The molecule has 0 radical (unpaired) electrons. The number of nitrogens with zero attached hydrogens (tertiary/aromatic N) is 6. The predicted octanol–water partition coefficient (Wildman–Crippen LogP) is 16.7. The van der Waals surface area contributed by atoms with E-state index in [9.17, 15) is 0 Å². The van der Waals surface area contributed by atoms with Gasteiger partial charge in [0.2, 0.25) is 0 Å². The molecule has 11 aromatic carbocycles. The van der Waals surface area contributed by atoms with Gasteiger partial charge in [0.25, 0.3) is 13.4 Å². The fourth-order valence-corrected chi connectivity index (χ4v) is 20.9. The Labute approximate surface area is 541 Å². The zero-order chi connectivity index (χ0) is 59.9. The molecule has 23 rings (SSSR count). The Kier molecular flexibility index (Phi) is 11.3. The van der Waals surface area contributed by atoms with E-state index in [0.29, 0.717) is 24.2 Å². The van der Waals surface area contributed by atoms with Crippen molar-refractivity contribution in [3.63, 3.8) is 0 Å². The molecular weight excluding hydrogens is 1110 g/mol. The van der Waals surface area contributed by atoms with Crippen molar-refractivity contribution < 1.29 is 0 Å². The van der Waals surface area contributed by atoms with Gasteiger partial charge in [0.1, 0.15) is 0 Å². The summed E-state index contributed by atoms with van der Waals surface area (Å²) < 4.78 is 0. The standard InChI is InChI=1S/C84H70B2N6/c1-6-21-57(22-7-1)68-31-20-32-69(58-23-8-2-9-24-58)84(68)92-75-36-19-17-34-71(75)86-73-51-72-76(52-77(73)91(61-29-14-5-15-30-61)80-49-67(50-81(92)83(80)86)88-64-43-55-38-56(45-64)46-65(88)44-55)90(60-27-12-4-13-28-60)79-48-66(87-62-39-53-37-54(41-62)42-63(87)40-53)47-78-82(79)85(72)70-33-16-18-35-74(70)89(78)59-25-10-3-11-26-59/h1-36,47-56,62-65H,37-46H2. The van der Waals surface area contributed by atoms with Crippen molar-refractivity contribution in [1.82, 2.24) is 0 Å². The predicted molar refractivity (Wildman–Crippen MR) is 386 cm³/mol. The van der Waals surface area contributed by atoms with Gasteiger partial charge in [-0.2, -0.15) is 0 Å². The van der Waals surface area contributed by atoms with Gasteiger partial charge in [0, 0.05) is 109 Å². The molecule has 0 amide bonds. The molecule has 4 saturated carbocycles. The van der Waals surface area contributed by atoms with Crippen molar-refractivity contribution >= 4 is 126 Å². The van der Waals surface area contributed by atoms with Crippen molar-refractivity contribution in [2.75, 3.05) is 29.4 Å². The van der Waals surface area contributed by atoms with E-state index in [2.05, 4.69) is 284 Å². The fourth-order valence-electron chi connectivity index (χ4n) is 20.9. The summed E-state index contributed by atoms with van der Waals surface area (Å²) in [4.78, 5) is 16.6. The summed E-state index contributed by atoms with van der Waals surface area (Å²) in [6, 6.07) is 101. The Hall–Kier alpha value is -9.65. The van der Waals surface area contributed by atoms with Crippen LogP contribution in [0.25, 0.3) is 22.3 Å². The molecule has 0 aromatic heterocycles. The first-order valence-electron chi connectivity index (χ1n) is 34.5. The molecule has 0 spiro atoms. The summed E-state index contributed by atoms with van der Waals surface area (Å²) in [6.45, 7) is -0.157. The molecule has 4 aliphatic carbocycles. The molecule has 8 heteroatoms. The molecule has 4 saturated heterocycles. The van der Waals surface area contributed by atoms with Crippen molar-refractivity contribution in [2.24, 2.45) is 23.7 Å². The van der Waals surface area contributed by atoms with Gasteiger partial charge >= 0.3 is 0 Å². The molecule has 0 atom stereocenters. The Bertz CT molecular complexity index is 4680. The summed E-state index contributed by atoms with van der Waals surface area (Å²) in [5.74, 6) is 3.36. The highest BCUT2D eigenvalue weighted by atomic mass is 15.3. The number of benzene rings is 11. The lowest BCUT2D eigenvalue weighted by molar-refractivity contribution is 0.0899. The molecular formula is C84H70B2N6. The van der Waals surface area contributed by atoms with E-state index in [-0.39, 0.29) is 13.4 Å². The van der Waals surface area contributed by atoms with Gasteiger partial charge in [-0.25, -0.2) is 0 Å². The van der Waals surface area contributed by atoms with Gasteiger partial charge in [-0.05, 0) is 211 Å². The summed E-state index contributed by atoms with van der Waals surface area (Å²) in [5, 5.41) is 0. The van der Waals surface area contributed by atoms with Gasteiger partial charge in [0.15, 0.2) is 0 Å². The average Bonchev–Trinajstić information content (AvgIpc) is 0.686. The number of hydrogen-bond donors (Lipinski definition) is 0. The van der Waals surface area contributed by atoms with Crippen LogP contribution in [-0.4, -0.2) is 37.6 Å². The van der Waals surface area contributed by atoms with Crippen LogP contribution in [0.3, 0.4) is 0 Å². The maximum Gasteiger partial charge on any atom is 0.252 e. The summed E-state index contributed by atoms with van der Waals surface area (Å²) in [7, 11) is 0. The highest BCUT2D eigenvalue weighted by Gasteiger charge is 2.53. The van der Waals surface area contributed by atoms with Crippen molar-refractivity contribution in [2.45, 2.75) is 88.4 Å². The third kappa shape index (κ3) is 7.58. The average molecular weight is 1190 g/mol. The van der Waals surface area contributed by atoms with E-state index >= 15 is 0 Å². The van der Waals surface area contributed by atoms with Crippen LogP contribution in [0.2, 0.25) is 0 Å². The summed E-state index contributed by atoms with van der Waals surface area (Å²) in [6.07, 6.45) is 13.2. The molecule has 0 N–H and O–H groups in total. The Balaban J connectivity index is 0.864. The van der Waals surface area contributed by atoms with Crippen LogP contribution in [-0.2, 0) is 0 Å². The molecule has 8 fully saturated rings.